The molecule has 156 valence electrons. The molecule has 2 aromatic heterocycles. The number of aryl methyl sites for hydroxylation is 2. The normalized spacial score (nSPS) is 12.9. The maximum atomic E-state index is 13.8. The lowest BCUT2D eigenvalue weighted by atomic mass is 10.00. The molecule has 1 aliphatic rings. The number of halogens is 2. The third-order valence-electron chi connectivity index (χ3n) is 5.40. The van der Waals surface area contributed by atoms with Gasteiger partial charge in [0.25, 0.3) is 5.95 Å². The van der Waals surface area contributed by atoms with Crippen molar-refractivity contribution in [3.63, 3.8) is 0 Å². The largest absolute Gasteiger partial charge is 0.254 e. The Labute approximate surface area is 188 Å². The molecular weight excluding hydrogens is 433 g/mol. The van der Waals surface area contributed by atoms with Crippen LogP contribution in [0.15, 0.2) is 53.6 Å². The minimum Gasteiger partial charge on any atom is -0.254 e. The number of fused-ring (bicyclic) bond motifs is 3. The summed E-state index contributed by atoms with van der Waals surface area (Å²) in [5.41, 5.74) is 4.79. The number of aromatic nitrogens is 3. The minimum absolute atomic E-state index is 0.280. The van der Waals surface area contributed by atoms with Crippen molar-refractivity contribution >= 4 is 34.6 Å². The van der Waals surface area contributed by atoms with Gasteiger partial charge in [-0.25, -0.2) is 9.40 Å². The molecule has 31 heavy (non-hydrogen) atoms. The lowest BCUT2D eigenvalue weighted by Gasteiger charge is -2.18. The van der Waals surface area contributed by atoms with Gasteiger partial charge in [-0.15, -0.1) is 21.5 Å². The molecule has 0 spiro atoms. The highest BCUT2D eigenvalue weighted by atomic mass is 35.5. The first-order valence-electron chi connectivity index (χ1n) is 9.81. The molecule has 4 aromatic rings. The number of hydrazone groups is 1. The number of nitrogens with zero attached hydrogens (tertiary/aromatic N) is 5. The average molecular weight is 452 g/mol. The maximum Gasteiger partial charge on any atom is 0.253 e. The van der Waals surface area contributed by atoms with E-state index in [4.69, 9.17) is 16.7 Å². The Morgan fingerprint density at radius 1 is 1.03 bits per heavy atom. The number of rotatable bonds is 3. The number of hydrogen-bond acceptors (Lipinski definition) is 5. The number of hydrogen-bond donors (Lipinski definition) is 0. The Morgan fingerprint density at radius 3 is 2.55 bits per heavy atom. The minimum atomic E-state index is -0.280. The van der Waals surface area contributed by atoms with E-state index in [-0.39, 0.29) is 5.82 Å². The Bertz CT molecular complexity index is 1320. The van der Waals surface area contributed by atoms with Crippen LogP contribution in [0.1, 0.15) is 33.0 Å². The SMILES string of the molecule is Cc1sc2c(c1C)C(c1ccc(Cl)cc1)=NN(Cc1cccc(F)c1)c1nnc(C)n1-2. The molecule has 0 unspecified atom stereocenters. The molecule has 0 N–H and O–H groups in total. The highest BCUT2D eigenvalue weighted by Gasteiger charge is 2.30. The third kappa shape index (κ3) is 3.43. The first kappa shape index (κ1) is 19.9. The van der Waals surface area contributed by atoms with Crippen LogP contribution in [0.3, 0.4) is 0 Å². The molecule has 0 bridgehead atoms. The van der Waals surface area contributed by atoms with Gasteiger partial charge in [0.05, 0.1) is 6.54 Å². The van der Waals surface area contributed by atoms with Gasteiger partial charge in [-0.1, -0.05) is 35.9 Å². The summed E-state index contributed by atoms with van der Waals surface area (Å²) >= 11 is 7.83. The molecule has 0 aliphatic carbocycles. The summed E-state index contributed by atoms with van der Waals surface area (Å²) < 4.78 is 15.9. The van der Waals surface area contributed by atoms with Gasteiger partial charge in [-0.05, 0) is 56.2 Å². The Kier molecular flexibility index (Phi) is 4.87. The van der Waals surface area contributed by atoms with Crippen LogP contribution >= 0.6 is 22.9 Å². The summed E-state index contributed by atoms with van der Waals surface area (Å²) in [6.07, 6.45) is 0. The fourth-order valence-corrected chi connectivity index (χ4v) is 5.07. The van der Waals surface area contributed by atoms with Crippen LogP contribution in [-0.4, -0.2) is 20.5 Å². The standard InChI is InChI=1S/C23H19ClFN5S/c1-13-14(2)31-22-20(13)21(17-7-9-18(24)10-8-17)28-29(23-27-26-15(3)30(22)23)12-16-5-4-6-19(25)11-16/h4-11H,12H2,1-3H3. The van der Waals surface area contributed by atoms with Crippen molar-refractivity contribution in [2.75, 3.05) is 5.01 Å². The fourth-order valence-electron chi connectivity index (χ4n) is 3.74. The summed E-state index contributed by atoms with van der Waals surface area (Å²) in [7, 11) is 0. The van der Waals surface area contributed by atoms with E-state index in [1.807, 2.05) is 41.8 Å². The van der Waals surface area contributed by atoms with Crippen molar-refractivity contribution in [1.82, 2.24) is 14.8 Å². The number of thiophene rings is 1. The van der Waals surface area contributed by atoms with Gasteiger partial charge in [0.2, 0.25) is 0 Å². The second kappa shape index (κ2) is 7.59. The zero-order valence-electron chi connectivity index (χ0n) is 17.2. The Balaban J connectivity index is 1.75. The van der Waals surface area contributed by atoms with Crippen molar-refractivity contribution in [2.24, 2.45) is 5.10 Å². The van der Waals surface area contributed by atoms with Crippen molar-refractivity contribution < 1.29 is 4.39 Å². The van der Waals surface area contributed by atoms with E-state index in [2.05, 4.69) is 24.0 Å². The van der Waals surface area contributed by atoms with Gasteiger partial charge in [0, 0.05) is 21.0 Å². The predicted molar refractivity (Wildman–Crippen MR) is 123 cm³/mol. The van der Waals surface area contributed by atoms with Crippen LogP contribution < -0.4 is 5.01 Å². The molecular formula is C23H19ClFN5S. The van der Waals surface area contributed by atoms with Crippen molar-refractivity contribution in [3.8, 4) is 5.00 Å². The van der Waals surface area contributed by atoms with E-state index < -0.39 is 0 Å². The second-order valence-corrected chi connectivity index (χ2v) is 9.13. The van der Waals surface area contributed by atoms with Crippen LogP contribution in [0.4, 0.5) is 10.3 Å². The molecule has 2 aromatic carbocycles. The van der Waals surface area contributed by atoms with Gasteiger partial charge in [-0.2, -0.15) is 5.10 Å². The lowest BCUT2D eigenvalue weighted by molar-refractivity contribution is 0.624. The predicted octanol–water partition coefficient (Wildman–Crippen LogP) is 5.82. The van der Waals surface area contributed by atoms with Crippen LogP contribution in [0.25, 0.3) is 5.00 Å². The summed E-state index contributed by atoms with van der Waals surface area (Å²) in [5.74, 6) is 1.10. The summed E-state index contributed by atoms with van der Waals surface area (Å²) in [5, 5.41) is 17.3. The molecule has 0 atom stereocenters. The summed E-state index contributed by atoms with van der Waals surface area (Å²) in [6, 6.07) is 14.2. The Morgan fingerprint density at radius 2 is 1.81 bits per heavy atom. The van der Waals surface area contributed by atoms with Gasteiger partial charge >= 0.3 is 0 Å². The molecule has 0 fully saturated rings. The lowest BCUT2D eigenvalue weighted by Crippen LogP contribution is -2.20. The first-order valence-corrected chi connectivity index (χ1v) is 11.0. The van der Waals surface area contributed by atoms with E-state index in [1.165, 1.54) is 22.6 Å². The van der Waals surface area contributed by atoms with Crippen molar-refractivity contribution in [1.29, 1.82) is 0 Å². The van der Waals surface area contributed by atoms with Gasteiger partial charge in [0.1, 0.15) is 22.4 Å². The van der Waals surface area contributed by atoms with E-state index >= 15 is 0 Å². The molecule has 0 saturated heterocycles. The molecule has 0 amide bonds. The third-order valence-corrected chi connectivity index (χ3v) is 6.85. The fraction of sp³-hybridized carbons (Fsp3) is 0.174. The highest BCUT2D eigenvalue weighted by molar-refractivity contribution is 7.15. The van der Waals surface area contributed by atoms with Crippen LogP contribution in [-0.2, 0) is 6.54 Å². The molecule has 1 aliphatic heterocycles. The second-order valence-electron chi connectivity index (χ2n) is 7.49. The molecule has 8 heteroatoms. The topological polar surface area (TPSA) is 46.3 Å². The molecule has 0 saturated carbocycles. The van der Waals surface area contributed by atoms with E-state index in [9.17, 15) is 4.39 Å². The van der Waals surface area contributed by atoms with Crippen LogP contribution in [0.5, 0.6) is 0 Å². The molecule has 5 rings (SSSR count). The van der Waals surface area contributed by atoms with Gasteiger partial charge in [-0.3, -0.25) is 4.57 Å². The van der Waals surface area contributed by atoms with E-state index in [0.717, 1.165) is 33.2 Å². The zero-order chi connectivity index (χ0) is 21.7. The molecule has 0 radical (unpaired) electrons. The van der Waals surface area contributed by atoms with Gasteiger partial charge in [0.15, 0.2) is 0 Å². The summed E-state index contributed by atoms with van der Waals surface area (Å²) in [6.45, 7) is 6.51. The Hall–Kier alpha value is -3.03. The van der Waals surface area contributed by atoms with Crippen molar-refractivity contribution in [3.05, 3.63) is 92.3 Å². The zero-order valence-corrected chi connectivity index (χ0v) is 18.8. The monoisotopic (exact) mass is 451 g/mol. The van der Waals surface area contributed by atoms with E-state index in [0.29, 0.717) is 17.5 Å². The van der Waals surface area contributed by atoms with Crippen LogP contribution in [0, 0.1) is 26.6 Å². The van der Waals surface area contributed by atoms with Crippen LogP contribution in [0.2, 0.25) is 5.02 Å². The van der Waals surface area contributed by atoms with Crippen molar-refractivity contribution in [2.45, 2.75) is 27.3 Å². The smallest absolute Gasteiger partial charge is 0.253 e. The molecule has 3 heterocycles. The first-order chi connectivity index (χ1) is 14.9. The number of anilines is 1. The quantitative estimate of drug-likeness (QED) is 0.394. The molecule has 5 nitrogen and oxygen atoms in total. The maximum absolute atomic E-state index is 13.8. The number of benzene rings is 2. The summed E-state index contributed by atoms with van der Waals surface area (Å²) in [4.78, 5) is 1.21. The highest BCUT2D eigenvalue weighted by Crippen LogP contribution is 2.38. The van der Waals surface area contributed by atoms with E-state index in [1.54, 1.807) is 22.4 Å². The average Bonchev–Trinajstić information content (AvgIpc) is 3.21. The van der Waals surface area contributed by atoms with Gasteiger partial charge < -0.3 is 0 Å².